The Kier molecular flexibility index (Phi) is 5.77. The number of hydrogen-bond acceptors (Lipinski definition) is 0. The molecular formula is C23H21F3. The lowest BCUT2D eigenvalue weighted by Gasteiger charge is -2.14. The van der Waals surface area contributed by atoms with E-state index in [-0.39, 0.29) is 23.7 Å². The molecule has 3 aromatic rings. The zero-order chi connectivity index (χ0) is 18.5. The Morgan fingerprint density at radius 1 is 0.731 bits per heavy atom. The van der Waals surface area contributed by atoms with Gasteiger partial charge in [0.15, 0.2) is 0 Å². The van der Waals surface area contributed by atoms with Gasteiger partial charge in [-0.2, -0.15) is 0 Å². The minimum absolute atomic E-state index is 0.0884. The Hall–Kier alpha value is -2.55. The van der Waals surface area contributed by atoms with Gasteiger partial charge in [-0.25, -0.2) is 13.2 Å². The molecule has 0 aliphatic heterocycles. The average molecular weight is 354 g/mol. The normalized spacial score (nSPS) is 12.2. The van der Waals surface area contributed by atoms with Crippen molar-refractivity contribution in [2.24, 2.45) is 0 Å². The lowest BCUT2D eigenvalue weighted by atomic mass is 9.92. The van der Waals surface area contributed by atoms with Gasteiger partial charge in [0.05, 0.1) is 0 Å². The first-order valence-electron chi connectivity index (χ1n) is 8.79. The quantitative estimate of drug-likeness (QED) is 0.492. The predicted octanol–water partition coefficient (Wildman–Crippen LogP) is 6.24. The summed E-state index contributed by atoms with van der Waals surface area (Å²) in [5.41, 5.74) is 2.74. The van der Waals surface area contributed by atoms with Crippen LogP contribution >= 0.6 is 0 Å². The molecular weight excluding hydrogens is 333 g/mol. The van der Waals surface area contributed by atoms with Gasteiger partial charge < -0.3 is 0 Å². The molecule has 0 aliphatic carbocycles. The first-order valence-corrected chi connectivity index (χ1v) is 8.79. The first kappa shape index (κ1) is 18.2. The zero-order valence-electron chi connectivity index (χ0n) is 14.7. The van der Waals surface area contributed by atoms with Gasteiger partial charge in [0.1, 0.15) is 17.5 Å². The summed E-state index contributed by atoms with van der Waals surface area (Å²) >= 11 is 0. The van der Waals surface area contributed by atoms with Crippen LogP contribution in [0.1, 0.15) is 35.1 Å². The van der Waals surface area contributed by atoms with E-state index in [1.165, 1.54) is 24.3 Å². The number of benzene rings is 3. The molecule has 3 heteroatoms. The van der Waals surface area contributed by atoms with Crippen LogP contribution in [0, 0.1) is 17.5 Å². The highest BCUT2D eigenvalue weighted by Gasteiger charge is 2.14. The van der Waals surface area contributed by atoms with E-state index >= 15 is 0 Å². The maximum atomic E-state index is 14.4. The van der Waals surface area contributed by atoms with E-state index in [4.69, 9.17) is 0 Å². The summed E-state index contributed by atoms with van der Waals surface area (Å²) in [7, 11) is 0. The Morgan fingerprint density at radius 3 is 1.96 bits per heavy atom. The molecule has 3 aromatic carbocycles. The van der Waals surface area contributed by atoms with Crippen molar-refractivity contribution in [1.82, 2.24) is 0 Å². The van der Waals surface area contributed by atoms with Crippen LogP contribution in [0.5, 0.6) is 0 Å². The predicted molar refractivity (Wildman–Crippen MR) is 98.7 cm³/mol. The second-order valence-electron chi connectivity index (χ2n) is 6.68. The smallest absolute Gasteiger partial charge is 0.129 e. The van der Waals surface area contributed by atoms with Gasteiger partial charge in [0.25, 0.3) is 0 Å². The van der Waals surface area contributed by atoms with Gasteiger partial charge in [-0.1, -0.05) is 49.4 Å². The molecule has 0 aliphatic rings. The molecule has 0 radical (unpaired) electrons. The van der Waals surface area contributed by atoms with Crippen molar-refractivity contribution >= 4 is 0 Å². The highest BCUT2D eigenvalue weighted by Crippen LogP contribution is 2.24. The van der Waals surface area contributed by atoms with Crippen molar-refractivity contribution < 1.29 is 13.2 Å². The third kappa shape index (κ3) is 4.54. The van der Waals surface area contributed by atoms with E-state index in [1.54, 1.807) is 12.1 Å². The van der Waals surface area contributed by atoms with Crippen LogP contribution in [0.15, 0.2) is 66.7 Å². The molecule has 0 saturated carbocycles. The number of halogens is 3. The second-order valence-corrected chi connectivity index (χ2v) is 6.68. The maximum absolute atomic E-state index is 14.4. The molecule has 134 valence electrons. The Balaban J connectivity index is 1.70. The van der Waals surface area contributed by atoms with E-state index in [1.807, 2.05) is 37.3 Å². The lowest BCUT2D eigenvalue weighted by Crippen LogP contribution is -2.04. The molecule has 0 unspecified atom stereocenters. The first-order chi connectivity index (χ1) is 12.5. The molecule has 3 rings (SSSR count). The highest BCUT2D eigenvalue weighted by molar-refractivity contribution is 5.30. The highest BCUT2D eigenvalue weighted by atomic mass is 19.1. The summed E-state index contributed by atoms with van der Waals surface area (Å²) in [5.74, 6) is -1.16. The molecule has 26 heavy (non-hydrogen) atoms. The summed E-state index contributed by atoms with van der Waals surface area (Å²) in [6.07, 6.45) is 1.29. The lowest BCUT2D eigenvalue weighted by molar-refractivity contribution is 0.549. The molecule has 0 heterocycles. The molecule has 0 amide bonds. The van der Waals surface area contributed by atoms with Crippen LogP contribution in [0.3, 0.4) is 0 Å². The van der Waals surface area contributed by atoms with Crippen molar-refractivity contribution in [3.05, 3.63) is 106 Å². The third-order valence-electron chi connectivity index (χ3n) is 4.69. The fraction of sp³-hybridized carbons (Fsp3) is 0.217. The minimum Gasteiger partial charge on any atom is -0.207 e. The molecule has 0 bridgehead atoms. The van der Waals surface area contributed by atoms with Gasteiger partial charge in [-0.05, 0) is 66.1 Å². The van der Waals surface area contributed by atoms with Gasteiger partial charge in [0.2, 0.25) is 0 Å². The average Bonchev–Trinajstić information content (AvgIpc) is 2.63. The molecule has 0 fully saturated rings. The molecule has 0 saturated heterocycles. The van der Waals surface area contributed by atoms with Gasteiger partial charge in [0, 0.05) is 5.56 Å². The molecule has 1 atom stereocenters. The van der Waals surface area contributed by atoms with E-state index in [2.05, 4.69) is 0 Å². The van der Waals surface area contributed by atoms with Crippen molar-refractivity contribution in [2.45, 2.75) is 32.1 Å². The van der Waals surface area contributed by atoms with Crippen molar-refractivity contribution in [1.29, 1.82) is 0 Å². The Morgan fingerprint density at radius 2 is 1.35 bits per heavy atom. The summed E-state index contributed by atoms with van der Waals surface area (Å²) in [4.78, 5) is 0. The largest absolute Gasteiger partial charge is 0.207 e. The van der Waals surface area contributed by atoms with E-state index < -0.39 is 11.6 Å². The third-order valence-corrected chi connectivity index (χ3v) is 4.69. The maximum Gasteiger partial charge on any atom is 0.129 e. The molecule has 0 aromatic heterocycles. The fourth-order valence-electron chi connectivity index (χ4n) is 3.19. The Labute approximate surface area is 152 Å². The number of rotatable bonds is 6. The number of hydrogen-bond donors (Lipinski definition) is 0. The van der Waals surface area contributed by atoms with Gasteiger partial charge in [-0.15, -0.1) is 0 Å². The SMILES string of the molecule is C[C@@H](Cc1cc(F)c(CCc2ccc(F)cc2)c(F)c1)c1ccccc1. The monoisotopic (exact) mass is 354 g/mol. The minimum atomic E-state index is -0.512. The van der Waals surface area contributed by atoms with Gasteiger partial charge >= 0.3 is 0 Å². The van der Waals surface area contributed by atoms with Crippen LogP contribution in [0.4, 0.5) is 13.2 Å². The summed E-state index contributed by atoms with van der Waals surface area (Å²) < 4.78 is 41.8. The second kappa shape index (κ2) is 8.22. The van der Waals surface area contributed by atoms with E-state index in [9.17, 15) is 13.2 Å². The standard InChI is InChI=1S/C23H21F3/c1-16(19-5-3-2-4-6-19)13-18-14-22(25)21(23(26)15-18)12-9-17-7-10-20(24)11-8-17/h2-8,10-11,14-16H,9,12-13H2,1H3/t16-/m0/s1. The number of aryl methyl sites for hydroxylation is 1. The van der Waals surface area contributed by atoms with Crippen molar-refractivity contribution in [2.75, 3.05) is 0 Å². The molecule has 0 N–H and O–H groups in total. The van der Waals surface area contributed by atoms with Crippen molar-refractivity contribution in [3.8, 4) is 0 Å². The van der Waals surface area contributed by atoms with Crippen LogP contribution in [0.25, 0.3) is 0 Å². The zero-order valence-corrected chi connectivity index (χ0v) is 14.7. The van der Waals surface area contributed by atoms with Crippen LogP contribution in [-0.2, 0) is 19.3 Å². The molecule has 0 nitrogen and oxygen atoms in total. The van der Waals surface area contributed by atoms with Crippen LogP contribution < -0.4 is 0 Å². The van der Waals surface area contributed by atoms with Crippen molar-refractivity contribution in [3.63, 3.8) is 0 Å². The summed E-state index contributed by atoms with van der Waals surface area (Å²) in [6, 6.07) is 18.8. The Bertz CT molecular complexity index is 831. The fourth-order valence-corrected chi connectivity index (χ4v) is 3.19. The van der Waals surface area contributed by atoms with Crippen LogP contribution in [0.2, 0.25) is 0 Å². The van der Waals surface area contributed by atoms with Gasteiger partial charge in [-0.3, -0.25) is 0 Å². The van der Waals surface area contributed by atoms with E-state index in [0.29, 0.717) is 18.4 Å². The topological polar surface area (TPSA) is 0 Å². The summed E-state index contributed by atoms with van der Waals surface area (Å²) in [6.45, 7) is 2.05. The molecule has 0 spiro atoms. The van der Waals surface area contributed by atoms with Crippen LogP contribution in [-0.4, -0.2) is 0 Å². The van der Waals surface area contributed by atoms with E-state index in [0.717, 1.165) is 11.1 Å². The summed E-state index contributed by atoms with van der Waals surface area (Å²) in [5, 5.41) is 0.